The Hall–Kier alpha value is -1.09. The molecule has 14 heavy (non-hydrogen) atoms. The fourth-order valence-corrected chi connectivity index (χ4v) is 1.90. The highest BCUT2D eigenvalue weighted by atomic mass is 15.2. The standard InChI is InChI=1S/C11H17N3/c1-11(2)9-14(7-6-13-11)10-4-3-5-12-8-10/h3-5,8,13H,6-7,9H2,1-2H3. The number of nitrogens with one attached hydrogen (secondary N) is 1. The topological polar surface area (TPSA) is 28.2 Å². The predicted octanol–water partition coefficient (Wildman–Crippen LogP) is 1.27. The molecule has 3 nitrogen and oxygen atoms in total. The highest BCUT2D eigenvalue weighted by molar-refractivity contribution is 5.44. The Morgan fingerprint density at radius 2 is 2.36 bits per heavy atom. The van der Waals surface area contributed by atoms with Crippen LogP contribution in [-0.4, -0.2) is 30.2 Å². The third-order valence-electron chi connectivity index (χ3n) is 2.58. The molecule has 0 bridgehead atoms. The molecule has 2 rings (SSSR count). The van der Waals surface area contributed by atoms with Crippen LogP contribution in [0.3, 0.4) is 0 Å². The monoisotopic (exact) mass is 191 g/mol. The summed E-state index contributed by atoms with van der Waals surface area (Å²) in [6.07, 6.45) is 3.75. The van der Waals surface area contributed by atoms with Crippen LogP contribution in [0.2, 0.25) is 0 Å². The van der Waals surface area contributed by atoms with Crippen LogP contribution in [0.15, 0.2) is 24.5 Å². The summed E-state index contributed by atoms with van der Waals surface area (Å²) in [5, 5.41) is 3.50. The minimum atomic E-state index is 0.202. The molecule has 0 amide bonds. The second-order valence-electron chi connectivity index (χ2n) is 4.44. The van der Waals surface area contributed by atoms with Gasteiger partial charge in [0, 0.05) is 31.4 Å². The van der Waals surface area contributed by atoms with Crippen molar-refractivity contribution in [2.75, 3.05) is 24.5 Å². The maximum atomic E-state index is 4.15. The minimum absolute atomic E-state index is 0.202. The summed E-state index contributed by atoms with van der Waals surface area (Å²) in [5.74, 6) is 0. The van der Waals surface area contributed by atoms with Crippen molar-refractivity contribution in [3.63, 3.8) is 0 Å². The van der Waals surface area contributed by atoms with E-state index in [0.717, 1.165) is 19.6 Å². The van der Waals surface area contributed by atoms with Gasteiger partial charge in [0.2, 0.25) is 0 Å². The largest absolute Gasteiger partial charge is 0.367 e. The lowest BCUT2D eigenvalue weighted by Gasteiger charge is -2.40. The summed E-state index contributed by atoms with van der Waals surface area (Å²) in [4.78, 5) is 6.52. The van der Waals surface area contributed by atoms with E-state index in [2.05, 4.69) is 35.1 Å². The molecular formula is C11H17N3. The Bertz CT molecular complexity index is 295. The molecule has 1 fully saturated rings. The van der Waals surface area contributed by atoms with Gasteiger partial charge in [0.1, 0.15) is 0 Å². The molecule has 1 aromatic heterocycles. The number of pyridine rings is 1. The third kappa shape index (κ3) is 2.04. The lowest BCUT2D eigenvalue weighted by molar-refractivity contribution is 0.353. The number of nitrogens with zero attached hydrogens (tertiary/aromatic N) is 2. The lowest BCUT2D eigenvalue weighted by atomic mass is 10.0. The van der Waals surface area contributed by atoms with E-state index in [1.807, 2.05) is 18.5 Å². The molecule has 1 aliphatic rings. The maximum absolute atomic E-state index is 4.15. The van der Waals surface area contributed by atoms with Crippen LogP contribution in [0.5, 0.6) is 0 Å². The van der Waals surface area contributed by atoms with Gasteiger partial charge in [-0.1, -0.05) is 0 Å². The highest BCUT2D eigenvalue weighted by Gasteiger charge is 2.25. The maximum Gasteiger partial charge on any atom is 0.0553 e. The van der Waals surface area contributed by atoms with Gasteiger partial charge in [-0.2, -0.15) is 0 Å². The van der Waals surface area contributed by atoms with E-state index < -0.39 is 0 Å². The van der Waals surface area contributed by atoms with Crippen molar-refractivity contribution >= 4 is 5.69 Å². The number of rotatable bonds is 1. The molecule has 0 saturated carbocycles. The first-order valence-electron chi connectivity index (χ1n) is 5.07. The average Bonchev–Trinajstić information content (AvgIpc) is 2.18. The van der Waals surface area contributed by atoms with Crippen LogP contribution >= 0.6 is 0 Å². The van der Waals surface area contributed by atoms with Gasteiger partial charge < -0.3 is 10.2 Å². The number of anilines is 1. The Morgan fingerprint density at radius 1 is 1.50 bits per heavy atom. The molecular weight excluding hydrogens is 174 g/mol. The number of aromatic nitrogens is 1. The summed E-state index contributed by atoms with van der Waals surface area (Å²) < 4.78 is 0. The molecule has 0 aromatic carbocycles. The molecule has 0 spiro atoms. The Morgan fingerprint density at radius 3 is 3.00 bits per heavy atom. The van der Waals surface area contributed by atoms with Gasteiger partial charge >= 0.3 is 0 Å². The van der Waals surface area contributed by atoms with E-state index in [9.17, 15) is 0 Å². The Balaban J connectivity index is 2.12. The number of hydrogen-bond donors (Lipinski definition) is 1. The molecule has 0 radical (unpaired) electrons. The smallest absolute Gasteiger partial charge is 0.0553 e. The van der Waals surface area contributed by atoms with Gasteiger partial charge in [0.25, 0.3) is 0 Å². The summed E-state index contributed by atoms with van der Waals surface area (Å²) in [5.41, 5.74) is 1.43. The van der Waals surface area contributed by atoms with E-state index in [4.69, 9.17) is 0 Å². The first-order valence-corrected chi connectivity index (χ1v) is 5.07. The summed E-state index contributed by atoms with van der Waals surface area (Å²) in [6.45, 7) is 7.61. The molecule has 3 heteroatoms. The van der Waals surface area contributed by atoms with Crippen molar-refractivity contribution in [2.24, 2.45) is 0 Å². The second-order valence-corrected chi connectivity index (χ2v) is 4.44. The lowest BCUT2D eigenvalue weighted by Crippen LogP contribution is -2.57. The van der Waals surface area contributed by atoms with Gasteiger partial charge in [-0.25, -0.2) is 0 Å². The van der Waals surface area contributed by atoms with Crippen molar-refractivity contribution < 1.29 is 0 Å². The summed E-state index contributed by atoms with van der Waals surface area (Å²) in [7, 11) is 0. The first kappa shape index (κ1) is 9.46. The summed E-state index contributed by atoms with van der Waals surface area (Å²) >= 11 is 0. The van der Waals surface area contributed by atoms with Crippen LogP contribution in [0.1, 0.15) is 13.8 Å². The molecule has 1 saturated heterocycles. The van der Waals surface area contributed by atoms with Crippen LogP contribution in [0.4, 0.5) is 5.69 Å². The Labute approximate surface area is 85.1 Å². The zero-order valence-electron chi connectivity index (χ0n) is 8.83. The van der Waals surface area contributed by atoms with Crippen molar-refractivity contribution in [3.05, 3.63) is 24.5 Å². The quantitative estimate of drug-likeness (QED) is 0.724. The van der Waals surface area contributed by atoms with Gasteiger partial charge in [-0.3, -0.25) is 4.98 Å². The minimum Gasteiger partial charge on any atom is -0.367 e. The van der Waals surface area contributed by atoms with Crippen molar-refractivity contribution in [1.82, 2.24) is 10.3 Å². The SMILES string of the molecule is CC1(C)CN(c2cccnc2)CCN1. The fraction of sp³-hybridized carbons (Fsp3) is 0.545. The fourth-order valence-electron chi connectivity index (χ4n) is 1.90. The molecule has 0 atom stereocenters. The zero-order chi connectivity index (χ0) is 10.0. The predicted molar refractivity (Wildman–Crippen MR) is 58.5 cm³/mol. The molecule has 76 valence electrons. The Kier molecular flexibility index (Phi) is 2.42. The van der Waals surface area contributed by atoms with Crippen LogP contribution < -0.4 is 10.2 Å². The molecule has 1 N–H and O–H groups in total. The van der Waals surface area contributed by atoms with E-state index in [-0.39, 0.29) is 5.54 Å². The van der Waals surface area contributed by atoms with Gasteiger partial charge in [-0.05, 0) is 26.0 Å². The first-order chi connectivity index (χ1) is 6.67. The molecule has 0 aliphatic carbocycles. The van der Waals surface area contributed by atoms with Crippen molar-refractivity contribution in [3.8, 4) is 0 Å². The second kappa shape index (κ2) is 3.58. The average molecular weight is 191 g/mol. The van der Waals surface area contributed by atoms with E-state index >= 15 is 0 Å². The van der Waals surface area contributed by atoms with Crippen molar-refractivity contribution in [1.29, 1.82) is 0 Å². The van der Waals surface area contributed by atoms with E-state index in [1.165, 1.54) is 5.69 Å². The normalized spacial score (nSPS) is 20.9. The van der Waals surface area contributed by atoms with Gasteiger partial charge in [-0.15, -0.1) is 0 Å². The van der Waals surface area contributed by atoms with Crippen LogP contribution in [0.25, 0.3) is 0 Å². The van der Waals surface area contributed by atoms with Crippen LogP contribution in [0, 0.1) is 0 Å². The van der Waals surface area contributed by atoms with E-state index in [1.54, 1.807) is 0 Å². The zero-order valence-corrected chi connectivity index (χ0v) is 8.83. The molecule has 1 aliphatic heterocycles. The van der Waals surface area contributed by atoms with Gasteiger partial charge in [0.15, 0.2) is 0 Å². The molecule has 2 heterocycles. The highest BCUT2D eigenvalue weighted by Crippen LogP contribution is 2.17. The number of hydrogen-bond acceptors (Lipinski definition) is 3. The number of piperazine rings is 1. The van der Waals surface area contributed by atoms with Crippen molar-refractivity contribution in [2.45, 2.75) is 19.4 Å². The third-order valence-corrected chi connectivity index (χ3v) is 2.58. The molecule has 0 unspecified atom stereocenters. The van der Waals surface area contributed by atoms with Gasteiger partial charge in [0.05, 0.1) is 11.9 Å². The van der Waals surface area contributed by atoms with E-state index in [0.29, 0.717) is 0 Å². The molecule has 1 aromatic rings. The van der Waals surface area contributed by atoms with Crippen LogP contribution in [-0.2, 0) is 0 Å². The summed E-state index contributed by atoms with van der Waals surface area (Å²) in [6, 6.07) is 4.11.